The van der Waals surface area contributed by atoms with E-state index in [9.17, 15) is 13.2 Å². The first-order valence-electron chi connectivity index (χ1n) is 12.3. The molecule has 1 aliphatic carbocycles. The van der Waals surface area contributed by atoms with E-state index in [1.165, 1.54) is 7.11 Å². The van der Waals surface area contributed by atoms with E-state index in [1.807, 2.05) is 18.2 Å². The maximum absolute atomic E-state index is 13.3. The lowest BCUT2D eigenvalue weighted by Crippen LogP contribution is -2.38. The van der Waals surface area contributed by atoms with Gasteiger partial charge in [-0.25, -0.2) is 13.4 Å². The molecule has 11 heteroatoms. The van der Waals surface area contributed by atoms with Crippen LogP contribution < -0.4 is 10.1 Å². The molecule has 0 bridgehead atoms. The van der Waals surface area contributed by atoms with E-state index in [4.69, 9.17) is 4.74 Å². The Morgan fingerprint density at radius 1 is 1.11 bits per heavy atom. The van der Waals surface area contributed by atoms with Crippen molar-refractivity contribution in [1.82, 2.24) is 24.1 Å². The summed E-state index contributed by atoms with van der Waals surface area (Å²) in [7, 11) is -1.76. The Morgan fingerprint density at radius 3 is 2.72 bits per heavy atom. The zero-order valence-corrected chi connectivity index (χ0v) is 21.1. The Bertz CT molecular complexity index is 1460. The Morgan fingerprint density at radius 2 is 1.94 bits per heavy atom. The van der Waals surface area contributed by atoms with E-state index in [0.29, 0.717) is 47.7 Å². The van der Waals surface area contributed by atoms with Gasteiger partial charge in [0.25, 0.3) is 5.91 Å². The number of carbonyl (C=O) groups is 1. The third-order valence-corrected chi connectivity index (χ3v) is 9.61. The zero-order valence-electron chi connectivity index (χ0n) is 20.3. The molecule has 3 aromatic rings. The number of anilines is 1. The van der Waals surface area contributed by atoms with Crippen molar-refractivity contribution in [1.29, 1.82) is 0 Å². The summed E-state index contributed by atoms with van der Waals surface area (Å²) < 4.78 is 34.7. The number of benzene rings is 1. The lowest BCUT2D eigenvalue weighted by atomic mass is 9.97. The number of aryl methyl sites for hydroxylation is 1. The molecule has 1 fully saturated rings. The Kier molecular flexibility index (Phi) is 5.56. The standard InChI is InChI=1S/C25H28N6O4S/c1-15-6-9-23-28-29-24(31(15)23)20-4-3-5-22(26-20)27-25(32)19-12-17-14-30(36(33,34)18-7-8-18)11-10-16(17)13-21(19)35-2/h3-5,12-13,15,18H,6-11,14H2,1-2H3,(H,26,27,32)/t15-/m1/s1. The molecule has 2 aromatic heterocycles. The van der Waals surface area contributed by atoms with E-state index >= 15 is 0 Å². The molecule has 0 unspecified atom stereocenters. The van der Waals surface area contributed by atoms with Crippen LogP contribution in [0.1, 0.15) is 59.5 Å². The van der Waals surface area contributed by atoms with Crippen LogP contribution in [0.3, 0.4) is 0 Å². The molecule has 6 rings (SSSR count). The topological polar surface area (TPSA) is 119 Å². The number of amides is 1. The van der Waals surface area contributed by atoms with Crippen molar-refractivity contribution < 1.29 is 17.9 Å². The van der Waals surface area contributed by atoms with Gasteiger partial charge in [0.15, 0.2) is 5.82 Å². The monoisotopic (exact) mass is 508 g/mol. The number of carbonyl (C=O) groups excluding carboxylic acids is 1. The Hall–Kier alpha value is -3.31. The summed E-state index contributed by atoms with van der Waals surface area (Å²) >= 11 is 0. The second kappa shape index (κ2) is 8.67. The van der Waals surface area contributed by atoms with Crippen molar-refractivity contribution in [2.75, 3.05) is 19.0 Å². The number of hydrogen-bond donors (Lipinski definition) is 1. The third kappa shape index (κ3) is 3.96. The van der Waals surface area contributed by atoms with Crippen molar-refractivity contribution >= 4 is 21.7 Å². The number of nitrogens with zero attached hydrogens (tertiary/aromatic N) is 5. The van der Waals surface area contributed by atoms with Gasteiger partial charge in [-0.05, 0) is 68.0 Å². The van der Waals surface area contributed by atoms with Crippen LogP contribution in [-0.4, -0.2) is 57.3 Å². The zero-order chi connectivity index (χ0) is 25.0. The SMILES string of the molecule is COc1cc2c(cc1C(=O)Nc1cccc(-c3nnc4n3[C@H](C)CC4)n1)CN(S(=O)(=O)C1CC1)CC2. The van der Waals surface area contributed by atoms with Gasteiger partial charge in [-0.3, -0.25) is 4.79 Å². The fourth-order valence-corrected chi connectivity index (χ4v) is 6.93. The average molecular weight is 509 g/mol. The molecule has 0 saturated heterocycles. The van der Waals surface area contributed by atoms with Crippen molar-refractivity contribution in [3.05, 3.63) is 52.8 Å². The largest absolute Gasteiger partial charge is 0.496 e. The van der Waals surface area contributed by atoms with Crippen LogP contribution in [-0.2, 0) is 29.4 Å². The minimum atomic E-state index is -3.29. The Labute approximate surface area is 209 Å². The maximum Gasteiger partial charge on any atom is 0.260 e. The lowest BCUT2D eigenvalue weighted by molar-refractivity contribution is 0.102. The third-order valence-electron chi connectivity index (χ3n) is 7.26. The molecule has 1 aromatic carbocycles. The van der Waals surface area contributed by atoms with E-state index in [-0.39, 0.29) is 17.7 Å². The van der Waals surface area contributed by atoms with E-state index in [0.717, 1.165) is 42.6 Å². The number of hydrogen-bond acceptors (Lipinski definition) is 7. The highest BCUT2D eigenvalue weighted by atomic mass is 32.2. The number of ether oxygens (including phenoxy) is 1. The lowest BCUT2D eigenvalue weighted by Gasteiger charge is -2.29. The first-order chi connectivity index (χ1) is 17.3. The smallest absolute Gasteiger partial charge is 0.260 e. The van der Waals surface area contributed by atoms with Gasteiger partial charge in [-0.1, -0.05) is 6.07 Å². The van der Waals surface area contributed by atoms with E-state index in [2.05, 4.69) is 32.0 Å². The van der Waals surface area contributed by atoms with Crippen molar-refractivity contribution in [2.24, 2.45) is 0 Å². The molecule has 1 amide bonds. The molecule has 1 atom stereocenters. The molecular weight excluding hydrogens is 480 g/mol. The van der Waals surface area contributed by atoms with Gasteiger partial charge in [0.1, 0.15) is 23.1 Å². The van der Waals surface area contributed by atoms with E-state index in [1.54, 1.807) is 16.4 Å². The van der Waals surface area contributed by atoms with Gasteiger partial charge in [0.2, 0.25) is 10.0 Å². The molecule has 188 valence electrons. The molecule has 0 spiro atoms. The molecule has 1 N–H and O–H groups in total. The minimum absolute atomic E-state index is 0.257. The highest BCUT2D eigenvalue weighted by Crippen LogP contribution is 2.35. The summed E-state index contributed by atoms with van der Waals surface area (Å²) in [5.41, 5.74) is 2.80. The minimum Gasteiger partial charge on any atom is -0.496 e. The quantitative estimate of drug-likeness (QED) is 0.544. The molecule has 4 heterocycles. The predicted octanol–water partition coefficient (Wildman–Crippen LogP) is 2.96. The first-order valence-corrected chi connectivity index (χ1v) is 13.8. The van der Waals surface area contributed by atoms with Crippen LogP contribution in [0.25, 0.3) is 11.5 Å². The van der Waals surface area contributed by atoms with Crippen molar-refractivity contribution in [2.45, 2.75) is 56.9 Å². The average Bonchev–Trinajstić information content (AvgIpc) is 3.57. The van der Waals surface area contributed by atoms with Gasteiger partial charge in [0, 0.05) is 25.6 Å². The van der Waals surface area contributed by atoms with Crippen LogP contribution in [0.15, 0.2) is 30.3 Å². The number of methoxy groups -OCH3 is 1. The van der Waals surface area contributed by atoms with Crippen LogP contribution in [0.5, 0.6) is 5.75 Å². The van der Waals surface area contributed by atoms with Gasteiger partial charge >= 0.3 is 0 Å². The first kappa shape index (κ1) is 23.1. The normalized spacial score (nSPS) is 19.6. The molecule has 0 radical (unpaired) electrons. The Balaban J connectivity index is 1.27. The van der Waals surface area contributed by atoms with Crippen molar-refractivity contribution in [3.8, 4) is 17.3 Å². The van der Waals surface area contributed by atoms with Crippen LogP contribution >= 0.6 is 0 Å². The summed E-state index contributed by atoms with van der Waals surface area (Å²) in [6.07, 6.45) is 3.95. The maximum atomic E-state index is 13.3. The molecule has 10 nitrogen and oxygen atoms in total. The van der Waals surface area contributed by atoms with Crippen molar-refractivity contribution in [3.63, 3.8) is 0 Å². The number of pyridine rings is 1. The number of rotatable bonds is 6. The van der Waals surface area contributed by atoms with Crippen LogP contribution in [0.2, 0.25) is 0 Å². The van der Waals surface area contributed by atoms with E-state index < -0.39 is 10.0 Å². The summed E-state index contributed by atoms with van der Waals surface area (Å²) in [4.78, 5) is 17.9. The number of fused-ring (bicyclic) bond motifs is 2. The fourth-order valence-electron chi connectivity index (χ4n) is 5.11. The molecule has 2 aliphatic heterocycles. The van der Waals surface area contributed by atoms with Gasteiger partial charge in [-0.2, -0.15) is 4.31 Å². The highest BCUT2D eigenvalue weighted by molar-refractivity contribution is 7.90. The number of nitrogens with one attached hydrogen (secondary N) is 1. The van der Waals surface area contributed by atoms with Crippen LogP contribution in [0, 0.1) is 0 Å². The summed E-state index contributed by atoms with van der Waals surface area (Å²) in [6.45, 7) is 2.85. The second-order valence-corrected chi connectivity index (χ2v) is 11.9. The summed E-state index contributed by atoms with van der Waals surface area (Å²) in [5, 5.41) is 11.2. The van der Waals surface area contributed by atoms with Gasteiger partial charge in [-0.15, -0.1) is 10.2 Å². The fraction of sp³-hybridized carbons (Fsp3) is 0.440. The van der Waals surface area contributed by atoms with Gasteiger partial charge in [0.05, 0.1) is 17.9 Å². The number of sulfonamides is 1. The molecule has 1 saturated carbocycles. The van der Waals surface area contributed by atoms with Crippen LogP contribution in [0.4, 0.5) is 5.82 Å². The molecular formula is C25H28N6O4S. The van der Waals surface area contributed by atoms with Gasteiger partial charge < -0.3 is 14.6 Å². The summed E-state index contributed by atoms with van der Waals surface area (Å²) in [6, 6.07) is 9.29. The predicted molar refractivity (Wildman–Crippen MR) is 133 cm³/mol. The highest BCUT2D eigenvalue weighted by Gasteiger charge is 2.41. The summed E-state index contributed by atoms with van der Waals surface area (Å²) in [5.74, 6) is 2.10. The molecule has 36 heavy (non-hydrogen) atoms. The second-order valence-electron chi connectivity index (χ2n) is 9.71. The molecule has 3 aliphatic rings. The number of aromatic nitrogens is 4.